The highest BCUT2D eigenvalue weighted by Gasteiger charge is 2.43. The smallest absolute Gasteiger partial charge is 0.324 e. The number of aliphatic carboxylic acids is 1. The number of hydrogen-bond donors (Lipinski definition) is 1. The predicted octanol–water partition coefficient (Wildman–Crippen LogP) is 2.50. The second-order valence-corrected chi connectivity index (χ2v) is 4.89. The molecule has 0 amide bonds. The first-order chi connectivity index (χ1) is 8.15. The highest BCUT2D eigenvalue weighted by Crippen LogP contribution is 2.34. The summed E-state index contributed by atoms with van der Waals surface area (Å²) in [6.07, 6.45) is 7.94. The van der Waals surface area contributed by atoms with Crippen LogP contribution in [-0.2, 0) is 11.3 Å². The van der Waals surface area contributed by atoms with Crippen molar-refractivity contribution in [1.29, 1.82) is 0 Å². The van der Waals surface area contributed by atoms with Gasteiger partial charge in [-0.3, -0.25) is 9.69 Å². The van der Waals surface area contributed by atoms with E-state index in [1.54, 1.807) is 12.5 Å². The zero-order valence-corrected chi connectivity index (χ0v) is 10.2. The van der Waals surface area contributed by atoms with Gasteiger partial charge in [0.25, 0.3) is 0 Å². The Balaban J connectivity index is 2.12. The van der Waals surface area contributed by atoms with Gasteiger partial charge in [0.15, 0.2) is 0 Å². The van der Waals surface area contributed by atoms with E-state index in [4.69, 9.17) is 4.42 Å². The first-order valence-corrected chi connectivity index (χ1v) is 6.11. The van der Waals surface area contributed by atoms with Crippen LogP contribution in [0.4, 0.5) is 0 Å². The summed E-state index contributed by atoms with van der Waals surface area (Å²) >= 11 is 0. The Kier molecular flexibility index (Phi) is 3.52. The average Bonchev–Trinajstić information content (AvgIpc) is 2.82. The van der Waals surface area contributed by atoms with E-state index in [-0.39, 0.29) is 0 Å². The van der Waals surface area contributed by atoms with Gasteiger partial charge in [0.05, 0.1) is 12.5 Å². The molecule has 17 heavy (non-hydrogen) atoms. The minimum absolute atomic E-state index is 0.628. The molecular formula is C13H19NO3. The Morgan fingerprint density at radius 3 is 2.71 bits per heavy atom. The molecular weight excluding hydrogens is 218 g/mol. The Bertz CT molecular complexity index is 366. The van der Waals surface area contributed by atoms with E-state index in [0.29, 0.717) is 6.54 Å². The summed E-state index contributed by atoms with van der Waals surface area (Å²) in [5, 5.41) is 9.52. The van der Waals surface area contributed by atoms with Crippen LogP contribution >= 0.6 is 0 Å². The fourth-order valence-electron chi connectivity index (χ4n) is 2.70. The maximum Gasteiger partial charge on any atom is 0.324 e. The van der Waals surface area contributed by atoms with E-state index < -0.39 is 11.5 Å². The van der Waals surface area contributed by atoms with Gasteiger partial charge in [-0.15, -0.1) is 0 Å². The van der Waals surface area contributed by atoms with Crippen molar-refractivity contribution in [3.63, 3.8) is 0 Å². The molecule has 0 radical (unpaired) electrons. The first-order valence-electron chi connectivity index (χ1n) is 6.11. The highest BCUT2D eigenvalue weighted by atomic mass is 16.4. The molecule has 0 aliphatic heterocycles. The lowest BCUT2D eigenvalue weighted by Crippen LogP contribution is -2.53. The largest absolute Gasteiger partial charge is 0.480 e. The van der Waals surface area contributed by atoms with E-state index in [1.807, 2.05) is 18.0 Å². The van der Waals surface area contributed by atoms with Crippen molar-refractivity contribution in [1.82, 2.24) is 4.90 Å². The SMILES string of the molecule is CN(Cc1ccoc1)C1(C(=O)O)CCCCC1. The fraction of sp³-hybridized carbons (Fsp3) is 0.615. The van der Waals surface area contributed by atoms with Gasteiger partial charge in [-0.25, -0.2) is 0 Å². The number of carbonyl (C=O) groups is 1. The summed E-state index contributed by atoms with van der Waals surface area (Å²) in [5.41, 5.74) is 0.342. The number of carboxylic acids is 1. The third kappa shape index (κ3) is 2.36. The zero-order valence-electron chi connectivity index (χ0n) is 10.2. The van der Waals surface area contributed by atoms with Gasteiger partial charge < -0.3 is 9.52 Å². The van der Waals surface area contributed by atoms with Crippen molar-refractivity contribution < 1.29 is 14.3 Å². The number of hydrogen-bond acceptors (Lipinski definition) is 3. The summed E-state index contributed by atoms with van der Waals surface area (Å²) in [6.45, 7) is 0.628. The second-order valence-electron chi connectivity index (χ2n) is 4.89. The maximum absolute atomic E-state index is 11.6. The number of nitrogens with zero attached hydrogens (tertiary/aromatic N) is 1. The van der Waals surface area contributed by atoms with Crippen LogP contribution in [0, 0.1) is 0 Å². The molecule has 2 rings (SSSR count). The molecule has 4 heteroatoms. The Morgan fingerprint density at radius 2 is 2.18 bits per heavy atom. The number of furan rings is 1. The van der Waals surface area contributed by atoms with Crippen LogP contribution < -0.4 is 0 Å². The molecule has 0 spiro atoms. The molecule has 0 atom stereocenters. The van der Waals surface area contributed by atoms with Crippen molar-refractivity contribution in [3.05, 3.63) is 24.2 Å². The Morgan fingerprint density at radius 1 is 1.47 bits per heavy atom. The van der Waals surface area contributed by atoms with E-state index in [0.717, 1.165) is 37.7 Å². The molecule has 4 nitrogen and oxygen atoms in total. The van der Waals surface area contributed by atoms with E-state index in [9.17, 15) is 9.90 Å². The zero-order chi connectivity index (χ0) is 12.3. The monoisotopic (exact) mass is 237 g/mol. The number of likely N-dealkylation sites (N-methyl/N-ethyl adjacent to an activating group) is 1. The normalized spacial score (nSPS) is 19.4. The van der Waals surface area contributed by atoms with Crippen LogP contribution in [0.2, 0.25) is 0 Å². The van der Waals surface area contributed by atoms with Gasteiger partial charge in [-0.2, -0.15) is 0 Å². The van der Waals surface area contributed by atoms with Crippen LogP contribution in [0.25, 0.3) is 0 Å². The molecule has 1 aliphatic carbocycles. The topological polar surface area (TPSA) is 53.7 Å². The van der Waals surface area contributed by atoms with Gasteiger partial charge in [0, 0.05) is 12.1 Å². The van der Waals surface area contributed by atoms with Crippen molar-refractivity contribution in [3.8, 4) is 0 Å². The van der Waals surface area contributed by atoms with Gasteiger partial charge >= 0.3 is 5.97 Å². The Labute approximate surface area is 101 Å². The lowest BCUT2D eigenvalue weighted by molar-refractivity contribution is -0.153. The molecule has 0 bridgehead atoms. The summed E-state index contributed by atoms with van der Waals surface area (Å²) in [5.74, 6) is -0.691. The molecule has 1 saturated carbocycles. The van der Waals surface area contributed by atoms with Crippen molar-refractivity contribution in [2.45, 2.75) is 44.2 Å². The van der Waals surface area contributed by atoms with Crippen LogP contribution in [-0.4, -0.2) is 28.6 Å². The summed E-state index contributed by atoms with van der Waals surface area (Å²) in [7, 11) is 1.90. The van der Waals surface area contributed by atoms with E-state index in [1.165, 1.54) is 0 Å². The molecule has 1 aromatic rings. The molecule has 1 fully saturated rings. The molecule has 0 aromatic carbocycles. The first kappa shape index (κ1) is 12.2. The molecule has 1 heterocycles. The number of rotatable bonds is 4. The molecule has 1 N–H and O–H groups in total. The highest BCUT2D eigenvalue weighted by molar-refractivity contribution is 5.78. The lowest BCUT2D eigenvalue weighted by atomic mass is 9.80. The van der Waals surface area contributed by atoms with Crippen LogP contribution in [0.3, 0.4) is 0 Å². The third-order valence-corrected chi connectivity index (χ3v) is 3.81. The van der Waals surface area contributed by atoms with Gasteiger partial charge in [-0.05, 0) is 26.0 Å². The molecule has 0 saturated heterocycles. The fourth-order valence-corrected chi connectivity index (χ4v) is 2.70. The van der Waals surface area contributed by atoms with E-state index in [2.05, 4.69) is 0 Å². The molecule has 1 aromatic heterocycles. The number of carboxylic acid groups (broad SMARTS) is 1. The summed E-state index contributed by atoms with van der Waals surface area (Å²) < 4.78 is 5.02. The minimum atomic E-state index is -0.691. The minimum Gasteiger partial charge on any atom is -0.480 e. The summed E-state index contributed by atoms with van der Waals surface area (Å²) in [6, 6.07) is 1.88. The maximum atomic E-state index is 11.6. The molecule has 94 valence electrons. The van der Waals surface area contributed by atoms with Crippen LogP contribution in [0.15, 0.2) is 23.0 Å². The van der Waals surface area contributed by atoms with Crippen LogP contribution in [0.1, 0.15) is 37.7 Å². The average molecular weight is 237 g/mol. The lowest BCUT2D eigenvalue weighted by Gasteiger charge is -2.40. The molecule has 0 unspecified atom stereocenters. The van der Waals surface area contributed by atoms with Crippen molar-refractivity contribution in [2.24, 2.45) is 0 Å². The van der Waals surface area contributed by atoms with Gasteiger partial charge in [-0.1, -0.05) is 19.3 Å². The van der Waals surface area contributed by atoms with Gasteiger partial charge in [0.2, 0.25) is 0 Å². The van der Waals surface area contributed by atoms with E-state index >= 15 is 0 Å². The van der Waals surface area contributed by atoms with Crippen molar-refractivity contribution in [2.75, 3.05) is 7.05 Å². The second kappa shape index (κ2) is 4.92. The standard InChI is InChI=1S/C13H19NO3/c1-14(9-11-5-8-17-10-11)13(12(15)16)6-3-2-4-7-13/h5,8,10H,2-4,6-7,9H2,1H3,(H,15,16). The third-order valence-electron chi connectivity index (χ3n) is 3.81. The molecule has 1 aliphatic rings. The van der Waals surface area contributed by atoms with Crippen LogP contribution in [0.5, 0.6) is 0 Å². The summed E-state index contributed by atoms with van der Waals surface area (Å²) in [4.78, 5) is 13.5. The Hall–Kier alpha value is -1.29. The predicted molar refractivity (Wildman–Crippen MR) is 63.6 cm³/mol. The van der Waals surface area contributed by atoms with Crippen molar-refractivity contribution >= 4 is 5.97 Å². The van der Waals surface area contributed by atoms with Gasteiger partial charge in [0.1, 0.15) is 5.54 Å². The quantitative estimate of drug-likeness (QED) is 0.874.